The predicted octanol–water partition coefficient (Wildman–Crippen LogP) is 3.34. The first kappa shape index (κ1) is 16.3. The van der Waals surface area contributed by atoms with Crippen molar-refractivity contribution in [3.63, 3.8) is 0 Å². The van der Waals surface area contributed by atoms with E-state index < -0.39 is 0 Å². The van der Waals surface area contributed by atoms with Gasteiger partial charge in [-0.1, -0.05) is 31.5 Å². The number of methoxy groups -OCH3 is 1. The molecule has 0 unspecified atom stereocenters. The second-order valence-electron chi connectivity index (χ2n) is 6.64. The number of nitrogens with one attached hydrogen (secondary N) is 1. The monoisotopic (exact) mass is 291 g/mol. The molecule has 0 radical (unpaired) electrons. The molecule has 0 bridgehead atoms. The minimum absolute atomic E-state index is 0.281. The molecule has 0 atom stereocenters. The molecule has 3 heteroatoms. The lowest BCUT2D eigenvalue weighted by Gasteiger charge is -2.38. The van der Waals surface area contributed by atoms with Gasteiger partial charge in [-0.25, -0.2) is 0 Å². The lowest BCUT2D eigenvalue weighted by Crippen LogP contribution is -2.43. The van der Waals surface area contributed by atoms with Crippen molar-refractivity contribution in [3.8, 4) is 5.75 Å². The van der Waals surface area contributed by atoms with Gasteiger partial charge in [0.15, 0.2) is 0 Å². The van der Waals surface area contributed by atoms with Crippen LogP contribution in [-0.2, 0) is 11.2 Å². The van der Waals surface area contributed by atoms with Crippen molar-refractivity contribution in [1.29, 1.82) is 0 Å². The van der Waals surface area contributed by atoms with Crippen LogP contribution in [0.3, 0.4) is 0 Å². The van der Waals surface area contributed by atoms with Crippen LogP contribution >= 0.6 is 0 Å². The van der Waals surface area contributed by atoms with Crippen LogP contribution in [0.5, 0.6) is 5.75 Å². The second-order valence-corrected chi connectivity index (χ2v) is 6.64. The van der Waals surface area contributed by atoms with Gasteiger partial charge in [0.1, 0.15) is 5.75 Å². The number of rotatable bonds is 6. The molecule has 1 heterocycles. The van der Waals surface area contributed by atoms with E-state index in [2.05, 4.69) is 44.3 Å². The molecule has 1 aromatic carbocycles. The molecule has 21 heavy (non-hydrogen) atoms. The number of aryl methyl sites for hydroxylation is 1. The third-order valence-corrected chi connectivity index (χ3v) is 4.44. The van der Waals surface area contributed by atoms with Crippen molar-refractivity contribution in [2.45, 2.75) is 46.1 Å². The Bertz CT molecular complexity index is 451. The van der Waals surface area contributed by atoms with Crippen LogP contribution in [0.1, 0.15) is 37.8 Å². The predicted molar refractivity (Wildman–Crippen MR) is 87.1 cm³/mol. The van der Waals surface area contributed by atoms with Gasteiger partial charge in [0.2, 0.25) is 0 Å². The van der Waals surface area contributed by atoms with Gasteiger partial charge < -0.3 is 14.8 Å². The van der Waals surface area contributed by atoms with Gasteiger partial charge in [-0.3, -0.25) is 0 Å². The quantitative estimate of drug-likeness (QED) is 0.872. The zero-order valence-corrected chi connectivity index (χ0v) is 13.9. The van der Waals surface area contributed by atoms with E-state index in [-0.39, 0.29) is 5.41 Å². The summed E-state index contributed by atoms with van der Waals surface area (Å²) in [6.45, 7) is 9.35. The molecular weight excluding hydrogens is 262 g/mol. The van der Waals surface area contributed by atoms with E-state index in [9.17, 15) is 0 Å². The minimum atomic E-state index is 0.281. The zero-order chi connectivity index (χ0) is 15.3. The SMILES string of the molecule is COc1ccc(C)cc1CC1(CNC(C)C)CCOCC1. The summed E-state index contributed by atoms with van der Waals surface area (Å²) in [6, 6.07) is 6.99. The maximum absolute atomic E-state index is 5.59. The van der Waals surface area contributed by atoms with Crippen LogP contribution in [0.15, 0.2) is 18.2 Å². The van der Waals surface area contributed by atoms with Crippen molar-refractivity contribution in [3.05, 3.63) is 29.3 Å². The van der Waals surface area contributed by atoms with E-state index in [0.717, 1.165) is 44.8 Å². The Morgan fingerprint density at radius 3 is 2.62 bits per heavy atom. The van der Waals surface area contributed by atoms with Crippen molar-refractivity contribution < 1.29 is 9.47 Å². The van der Waals surface area contributed by atoms with Crippen molar-refractivity contribution in [2.24, 2.45) is 5.41 Å². The maximum atomic E-state index is 5.59. The number of benzene rings is 1. The maximum Gasteiger partial charge on any atom is 0.122 e. The Morgan fingerprint density at radius 1 is 1.29 bits per heavy atom. The molecule has 1 aliphatic rings. The second kappa shape index (κ2) is 7.28. The Labute approximate surface area is 129 Å². The van der Waals surface area contributed by atoms with E-state index in [1.807, 2.05) is 0 Å². The number of ether oxygens (including phenoxy) is 2. The highest BCUT2D eigenvalue weighted by molar-refractivity contribution is 5.37. The summed E-state index contributed by atoms with van der Waals surface area (Å²) in [4.78, 5) is 0. The molecule has 2 rings (SSSR count). The summed E-state index contributed by atoms with van der Waals surface area (Å²) in [5.41, 5.74) is 2.90. The zero-order valence-electron chi connectivity index (χ0n) is 13.9. The summed E-state index contributed by atoms with van der Waals surface area (Å²) in [5.74, 6) is 1.01. The molecule has 0 aliphatic carbocycles. The molecule has 118 valence electrons. The number of hydrogen-bond donors (Lipinski definition) is 1. The van der Waals surface area contributed by atoms with Gasteiger partial charge in [0.25, 0.3) is 0 Å². The fourth-order valence-corrected chi connectivity index (χ4v) is 3.09. The minimum Gasteiger partial charge on any atom is -0.496 e. The largest absolute Gasteiger partial charge is 0.496 e. The molecule has 0 aromatic heterocycles. The van der Waals surface area contributed by atoms with Crippen LogP contribution < -0.4 is 10.1 Å². The van der Waals surface area contributed by atoms with Crippen LogP contribution in [0.4, 0.5) is 0 Å². The summed E-state index contributed by atoms with van der Waals surface area (Å²) < 4.78 is 11.2. The third-order valence-electron chi connectivity index (χ3n) is 4.44. The molecule has 1 aliphatic heterocycles. The van der Waals surface area contributed by atoms with Gasteiger partial charge in [-0.15, -0.1) is 0 Å². The molecule has 1 fully saturated rings. The van der Waals surface area contributed by atoms with E-state index in [1.165, 1.54) is 11.1 Å². The number of hydrogen-bond acceptors (Lipinski definition) is 3. The fourth-order valence-electron chi connectivity index (χ4n) is 3.09. The Hall–Kier alpha value is -1.06. The lowest BCUT2D eigenvalue weighted by molar-refractivity contribution is 0.0138. The van der Waals surface area contributed by atoms with E-state index in [1.54, 1.807) is 7.11 Å². The Kier molecular flexibility index (Phi) is 5.65. The normalized spacial score (nSPS) is 18.0. The molecule has 1 N–H and O–H groups in total. The van der Waals surface area contributed by atoms with Crippen molar-refractivity contribution in [2.75, 3.05) is 26.9 Å². The van der Waals surface area contributed by atoms with Gasteiger partial charge >= 0.3 is 0 Å². The van der Waals surface area contributed by atoms with Crippen molar-refractivity contribution in [1.82, 2.24) is 5.32 Å². The molecule has 0 spiro atoms. The molecule has 1 aromatic rings. The van der Waals surface area contributed by atoms with Crippen LogP contribution in [0.25, 0.3) is 0 Å². The van der Waals surface area contributed by atoms with Gasteiger partial charge in [-0.2, -0.15) is 0 Å². The van der Waals surface area contributed by atoms with Gasteiger partial charge in [0, 0.05) is 25.8 Å². The Morgan fingerprint density at radius 2 is 2.00 bits per heavy atom. The molecular formula is C18H29NO2. The highest BCUT2D eigenvalue weighted by Gasteiger charge is 2.33. The van der Waals surface area contributed by atoms with Crippen LogP contribution in [0.2, 0.25) is 0 Å². The lowest BCUT2D eigenvalue weighted by atomic mass is 9.74. The highest BCUT2D eigenvalue weighted by Crippen LogP contribution is 2.36. The average Bonchev–Trinajstić information content (AvgIpc) is 2.46. The molecule has 3 nitrogen and oxygen atoms in total. The highest BCUT2D eigenvalue weighted by atomic mass is 16.5. The fraction of sp³-hybridized carbons (Fsp3) is 0.667. The van der Waals surface area contributed by atoms with Gasteiger partial charge in [-0.05, 0) is 43.2 Å². The van der Waals surface area contributed by atoms with E-state index in [0.29, 0.717) is 6.04 Å². The summed E-state index contributed by atoms with van der Waals surface area (Å²) in [7, 11) is 1.76. The van der Waals surface area contributed by atoms with Crippen molar-refractivity contribution >= 4 is 0 Å². The smallest absolute Gasteiger partial charge is 0.122 e. The molecule has 0 amide bonds. The first-order chi connectivity index (χ1) is 10.0. The summed E-state index contributed by atoms with van der Waals surface area (Å²) in [5, 5.41) is 3.63. The topological polar surface area (TPSA) is 30.5 Å². The van der Waals surface area contributed by atoms with Crippen LogP contribution in [0, 0.1) is 12.3 Å². The first-order valence-electron chi connectivity index (χ1n) is 7.99. The first-order valence-corrected chi connectivity index (χ1v) is 7.99. The molecule has 0 saturated carbocycles. The third kappa shape index (κ3) is 4.45. The van der Waals surface area contributed by atoms with Gasteiger partial charge in [0.05, 0.1) is 7.11 Å². The summed E-state index contributed by atoms with van der Waals surface area (Å²) in [6.07, 6.45) is 3.29. The Balaban J connectivity index is 2.19. The standard InChI is InChI=1S/C18H29NO2/c1-14(2)19-13-18(7-9-21-10-8-18)12-16-11-15(3)5-6-17(16)20-4/h5-6,11,14,19H,7-10,12-13H2,1-4H3. The summed E-state index contributed by atoms with van der Waals surface area (Å²) >= 11 is 0. The van der Waals surface area contributed by atoms with Crippen LogP contribution in [-0.4, -0.2) is 32.9 Å². The molecule has 1 saturated heterocycles. The van der Waals surface area contributed by atoms with E-state index in [4.69, 9.17) is 9.47 Å². The van der Waals surface area contributed by atoms with E-state index >= 15 is 0 Å². The average molecular weight is 291 g/mol.